The number of rotatable bonds is 6. The van der Waals surface area contributed by atoms with Gasteiger partial charge in [0.05, 0.1) is 19.0 Å². The van der Waals surface area contributed by atoms with Crippen LogP contribution in [0, 0.1) is 0 Å². The summed E-state index contributed by atoms with van der Waals surface area (Å²) in [5.41, 5.74) is 0. The number of halogens is 3. The highest BCUT2D eigenvalue weighted by Crippen LogP contribution is 2.29. The molecule has 1 aromatic heterocycles. The van der Waals surface area contributed by atoms with E-state index in [2.05, 4.69) is 29.3 Å². The zero-order chi connectivity index (χ0) is 15.5. The molecule has 12 heteroatoms. The Morgan fingerprint density at radius 2 is 1.80 bits per heavy atom. The lowest BCUT2D eigenvalue weighted by atomic mass is 10.5. The van der Waals surface area contributed by atoms with Crippen LogP contribution in [-0.4, -0.2) is 51.1 Å². The largest absolute Gasteiger partial charge is 0.702 e. The molecule has 0 aliphatic heterocycles. The van der Waals surface area contributed by atoms with Crippen LogP contribution in [-0.2, 0) is 13.9 Å². The number of alkyl halides is 3. The maximum Gasteiger partial charge on any atom is 0.702 e. The van der Waals surface area contributed by atoms with Gasteiger partial charge in [-0.05, 0) is 18.2 Å². The molecule has 1 aromatic rings. The average Bonchev–Trinajstić information content (AvgIpc) is 2.36. The van der Waals surface area contributed by atoms with Gasteiger partial charge in [0.15, 0.2) is 3.79 Å². The predicted molar refractivity (Wildman–Crippen MR) is 73.6 cm³/mol. The maximum atomic E-state index is 8.97. The van der Waals surface area contributed by atoms with Crippen LogP contribution in [0.2, 0.25) is 0 Å². The molecule has 0 aromatic carbocycles. The molecule has 0 bridgehead atoms. The first-order valence-corrected chi connectivity index (χ1v) is 8.15. The normalized spacial score (nSPS) is 11.7. The summed E-state index contributed by atoms with van der Waals surface area (Å²) in [4.78, 5) is 22.4. The van der Waals surface area contributed by atoms with E-state index in [-0.39, 0.29) is 19.6 Å². The standard InChI is InChI=1S/C5H11Cl3O5Si.C3H3N3/c1-2-12-14(9,10)13-11-4-3-5(6,7)8;1-2-4-6-5-3-1/h9-10H,2-4H2,1H3;1-3H. The van der Waals surface area contributed by atoms with Crippen molar-refractivity contribution >= 4 is 43.9 Å². The van der Waals surface area contributed by atoms with E-state index >= 15 is 0 Å². The second kappa shape index (κ2) is 10.6. The van der Waals surface area contributed by atoms with Gasteiger partial charge in [0, 0.05) is 13.0 Å². The molecule has 0 unspecified atom stereocenters. The van der Waals surface area contributed by atoms with Crippen molar-refractivity contribution < 1.29 is 23.5 Å². The summed E-state index contributed by atoms with van der Waals surface area (Å²) in [7, 11) is -4.15. The highest BCUT2D eigenvalue weighted by molar-refractivity contribution is 6.67. The minimum atomic E-state index is -4.15. The summed E-state index contributed by atoms with van der Waals surface area (Å²) in [5, 5.41) is 10.1. The molecule has 1 heterocycles. The molecule has 0 fully saturated rings. The number of hydrogen-bond donors (Lipinski definition) is 2. The Morgan fingerprint density at radius 1 is 1.20 bits per heavy atom. The van der Waals surface area contributed by atoms with E-state index in [1.807, 2.05) is 0 Å². The van der Waals surface area contributed by atoms with Crippen LogP contribution in [0.15, 0.2) is 18.5 Å². The first-order valence-electron chi connectivity index (χ1n) is 5.31. The van der Waals surface area contributed by atoms with Crippen molar-refractivity contribution in [3.8, 4) is 0 Å². The fraction of sp³-hybridized carbons (Fsp3) is 0.625. The third kappa shape index (κ3) is 14.3. The molecular weight excluding hydrogens is 353 g/mol. The van der Waals surface area contributed by atoms with Crippen LogP contribution < -0.4 is 0 Å². The van der Waals surface area contributed by atoms with Crippen LogP contribution in [0.4, 0.5) is 0 Å². The topological polar surface area (TPSA) is 107 Å². The second-order valence-electron chi connectivity index (χ2n) is 3.06. The molecule has 0 saturated heterocycles. The molecule has 1 rings (SSSR count). The van der Waals surface area contributed by atoms with Crippen molar-refractivity contribution in [3.05, 3.63) is 18.5 Å². The fourth-order valence-corrected chi connectivity index (χ4v) is 1.59. The fourth-order valence-electron chi connectivity index (χ4n) is 0.693. The summed E-state index contributed by atoms with van der Waals surface area (Å²) in [5.74, 6) is 0. The van der Waals surface area contributed by atoms with Gasteiger partial charge in [-0.2, -0.15) is 4.58 Å². The van der Waals surface area contributed by atoms with E-state index in [1.165, 1.54) is 0 Å². The third-order valence-electron chi connectivity index (χ3n) is 1.38. The molecule has 0 amide bonds. The van der Waals surface area contributed by atoms with E-state index in [0.29, 0.717) is 0 Å². The molecule has 0 atom stereocenters. The van der Waals surface area contributed by atoms with Crippen LogP contribution in [0.25, 0.3) is 0 Å². The zero-order valence-electron chi connectivity index (χ0n) is 10.4. The van der Waals surface area contributed by atoms with Crippen molar-refractivity contribution in [2.45, 2.75) is 17.1 Å². The molecule has 0 spiro atoms. The molecule has 0 aliphatic carbocycles. The predicted octanol–water partition coefficient (Wildman–Crippen LogP) is 1.02. The Kier molecular flexibility index (Phi) is 10.5. The Bertz CT molecular complexity index is 317. The summed E-state index contributed by atoms with van der Waals surface area (Å²) in [6.07, 6.45) is 3.22. The minimum Gasteiger partial charge on any atom is -0.366 e. The summed E-state index contributed by atoms with van der Waals surface area (Å²) in [6.45, 7) is 1.60. The van der Waals surface area contributed by atoms with E-state index in [0.717, 1.165) is 0 Å². The lowest BCUT2D eigenvalue weighted by Crippen LogP contribution is -2.43. The first kappa shape index (κ1) is 19.9. The molecule has 0 radical (unpaired) electrons. The Hall–Kier alpha value is -0.103. The molecule has 0 saturated carbocycles. The van der Waals surface area contributed by atoms with Crippen molar-refractivity contribution in [1.82, 2.24) is 15.4 Å². The lowest BCUT2D eigenvalue weighted by molar-refractivity contribution is -0.265. The molecule has 0 aliphatic rings. The van der Waals surface area contributed by atoms with Gasteiger partial charge in [-0.25, -0.2) is 4.89 Å². The smallest absolute Gasteiger partial charge is 0.366 e. The number of nitrogens with zero attached hydrogens (tertiary/aromatic N) is 3. The Morgan fingerprint density at radius 3 is 2.15 bits per heavy atom. The Labute approximate surface area is 132 Å². The van der Waals surface area contributed by atoms with Crippen molar-refractivity contribution in [3.63, 3.8) is 0 Å². The van der Waals surface area contributed by atoms with E-state index < -0.39 is 12.8 Å². The minimum absolute atomic E-state index is 0.0638. The van der Waals surface area contributed by atoms with Crippen molar-refractivity contribution in [1.29, 1.82) is 0 Å². The summed E-state index contributed by atoms with van der Waals surface area (Å²) < 4.78 is 7.23. The number of aromatic nitrogens is 3. The molecule has 20 heavy (non-hydrogen) atoms. The lowest BCUT2D eigenvalue weighted by Gasteiger charge is -2.15. The molecule has 8 nitrogen and oxygen atoms in total. The first-order chi connectivity index (χ1) is 9.27. The number of hydrogen-bond acceptors (Lipinski definition) is 8. The molecule has 116 valence electrons. The van der Waals surface area contributed by atoms with Crippen molar-refractivity contribution in [2.75, 3.05) is 13.2 Å². The SMILES string of the molecule is CCO[Si](O)(O)OOCCC(Cl)(Cl)Cl.c1cnnnc1. The quantitative estimate of drug-likeness (QED) is 0.253. The van der Waals surface area contributed by atoms with Gasteiger partial charge in [0.25, 0.3) is 0 Å². The average molecular weight is 367 g/mol. The monoisotopic (exact) mass is 365 g/mol. The van der Waals surface area contributed by atoms with Gasteiger partial charge in [0.2, 0.25) is 0 Å². The van der Waals surface area contributed by atoms with Gasteiger partial charge < -0.3 is 14.0 Å². The highest BCUT2D eigenvalue weighted by Gasteiger charge is 2.38. The highest BCUT2D eigenvalue weighted by atomic mass is 35.6. The van der Waals surface area contributed by atoms with Gasteiger partial charge in [-0.3, -0.25) is 0 Å². The van der Waals surface area contributed by atoms with Crippen LogP contribution in [0.1, 0.15) is 13.3 Å². The van der Waals surface area contributed by atoms with Gasteiger partial charge in [0.1, 0.15) is 0 Å². The van der Waals surface area contributed by atoms with Crippen LogP contribution in [0.5, 0.6) is 0 Å². The maximum absolute atomic E-state index is 8.97. The third-order valence-corrected chi connectivity index (χ3v) is 2.94. The second-order valence-corrected chi connectivity index (χ2v) is 7.13. The van der Waals surface area contributed by atoms with Gasteiger partial charge >= 0.3 is 9.05 Å². The Balaban J connectivity index is 0.000000493. The molecule has 2 N–H and O–H groups in total. The van der Waals surface area contributed by atoms with Gasteiger partial charge in [-0.1, -0.05) is 34.8 Å². The van der Waals surface area contributed by atoms with E-state index in [9.17, 15) is 0 Å². The van der Waals surface area contributed by atoms with E-state index in [4.69, 9.17) is 44.4 Å². The summed E-state index contributed by atoms with van der Waals surface area (Å²) in [6, 6.07) is 1.72. The van der Waals surface area contributed by atoms with Gasteiger partial charge in [-0.15, -0.1) is 10.2 Å². The molecular formula is C8H14Cl3N3O5Si. The van der Waals surface area contributed by atoms with Crippen molar-refractivity contribution in [2.24, 2.45) is 0 Å². The van der Waals surface area contributed by atoms with Crippen LogP contribution >= 0.6 is 34.8 Å². The van der Waals surface area contributed by atoms with E-state index in [1.54, 1.807) is 25.4 Å². The summed E-state index contributed by atoms with van der Waals surface area (Å²) >= 11 is 16.2. The van der Waals surface area contributed by atoms with Crippen LogP contribution in [0.3, 0.4) is 0 Å². The zero-order valence-corrected chi connectivity index (χ0v) is 13.7.